The van der Waals surface area contributed by atoms with Crippen molar-refractivity contribution >= 4 is 0 Å². The molecule has 3 aliphatic carbocycles. The van der Waals surface area contributed by atoms with Crippen LogP contribution in [0.3, 0.4) is 0 Å². The summed E-state index contributed by atoms with van der Waals surface area (Å²) in [6.07, 6.45) is 14.7. The maximum Gasteiger partial charge on any atom is 0.0318 e. The van der Waals surface area contributed by atoms with Crippen LogP contribution in [0.1, 0.15) is 85.0 Å². The third-order valence-electron chi connectivity index (χ3n) is 7.44. The average Bonchev–Trinajstić information content (AvgIpc) is 2.78. The standard InChI is InChI=1S/C21H35N/c1-15-11-12-20-18(13-15)21(2,3)14-22(20)19-10-6-8-16-7-4-5-9-17(16)19/h15-17,19H,4-14H2,1-3H3/t15-,16?,17?,19?/m0/s1. The van der Waals surface area contributed by atoms with E-state index in [2.05, 4.69) is 25.7 Å². The van der Waals surface area contributed by atoms with E-state index in [1.165, 1.54) is 70.8 Å². The minimum atomic E-state index is 0.436. The van der Waals surface area contributed by atoms with E-state index >= 15 is 0 Å². The minimum absolute atomic E-state index is 0.436. The van der Waals surface area contributed by atoms with E-state index in [0.29, 0.717) is 5.41 Å². The minimum Gasteiger partial charge on any atom is -0.371 e. The highest BCUT2D eigenvalue weighted by Crippen LogP contribution is 2.51. The Morgan fingerprint density at radius 3 is 2.59 bits per heavy atom. The molecule has 0 amide bonds. The Balaban J connectivity index is 1.62. The largest absolute Gasteiger partial charge is 0.371 e. The first kappa shape index (κ1) is 15.1. The molecular weight excluding hydrogens is 266 g/mol. The first-order valence-electron chi connectivity index (χ1n) is 10.1. The van der Waals surface area contributed by atoms with E-state index in [9.17, 15) is 0 Å². The highest BCUT2D eigenvalue weighted by Gasteiger charge is 2.46. The van der Waals surface area contributed by atoms with Crippen LogP contribution in [0.5, 0.6) is 0 Å². The lowest BCUT2D eigenvalue weighted by atomic mass is 9.68. The number of hydrogen-bond acceptors (Lipinski definition) is 1. The molecule has 124 valence electrons. The molecule has 1 heterocycles. The van der Waals surface area contributed by atoms with Gasteiger partial charge in [0.1, 0.15) is 0 Å². The molecule has 0 aromatic rings. The van der Waals surface area contributed by atoms with E-state index < -0.39 is 0 Å². The van der Waals surface area contributed by atoms with Crippen LogP contribution in [0, 0.1) is 23.2 Å². The average molecular weight is 302 g/mol. The maximum atomic E-state index is 2.95. The fourth-order valence-corrected chi connectivity index (χ4v) is 6.31. The van der Waals surface area contributed by atoms with Gasteiger partial charge in [-0.05, 0) is 55.4 Å². The summed E-state index contributed by atoms with van der Waals surface area (Å²) < 4.78 is 0. The lowest BCUT2D eigenvalue weighted by Crippen LogP contribution is -2.46. The number of fused-ring (bicyclic) bond motifs is 1. The smallest absolute Gasteiger partial charge is 0.0318 e. The van der Waals surface area contributed by atoms with Crippen molar-refractivity contribution in [3.63, 3.8) is 0 Å². The van der Waals surface area contributed by atoms with Gasteiger partial charge in [0.25, 0.3) is 0 Å². The molecule has 0 radical (unpaired) electrons. The van der Waals surface area contributed by atoms with Crippen LogP contribution in [0.25, 0.3) is 0 Å². The molecule has 2 saturated carbocycles. The highest BCUT2D eigenvalue weighted by atomic mass is 15.2. The molecule has 0 spiro atoms. The topological polar surface area (TPSA) is 3.24 Å². The van der Waals surface area contributed by atoms with Gasteiger partial charge < -0.3 is 4.90 Å². The molecule has 4 rings (SSSR count). The summed E-state index contributed by atoms with van der Waals surface area (Å²) in [5.41, 5.74) is 4.08. The van der Waals surface area contributed by atoms with Gasteiger partial charge >= 0.3 is 0 Å². The summed E-state index contributed by atoms with van der Waals surface area (Å²) in [6.45, 7) is 8.81. The van der Waals surface area contributed by atoms with Gasteiger partial charge in [-0.1, -0.05) is 52.9 Å². The zero-order valence-electron chi connectivity index (χ0n) is 15.0. The predicted octanol–water partition coefficient (Wildman–Crippen LogP) is 5.76. The Morgan fingerprint density at radius 2 is 1.73 bits per heavy atom. The van der Waals surface area contributed by atoms with Gasteiger partial charge in [-0.3, -0.25) is 0 Å². The zero-order valence-corrected chi connectivity index (χ0v) is 15.0. The quantitative estimate of drug-likeness (QED) is 0.595. The normalized spacial score (nSPS) is 41.3. The molecule has 22 heavy (non-hydrogen) atoms. The molecule has 0 aromatic carbocycles. The first-order valence-corrected chi connectivity index (χ1v) is 10.1. The van der Waals surface area contributed by atoms with Crippen molar-refractivity contribution in [2.45, 2.75) is 91.0 Å². The van der Waals surface area contributed by atoms with Crippen LogP contribution in [0.2, 0.25) is 0 Å². The Morgan fingerprint density at radius 1 is 0.955 bits per heavy atom. The second-order valence-electron chi connectivity index (χ2n) is 9.49. The van der Waals surface area contributed by atoms with E-state index in [4.69, 9.17) is 0 Å². The van der Waals surface area contributed by atoms with Crippen LogP contribution in [0.15, 0.2) is 11.3 Å². The Labute approximate surface area is 137 Å². The molecule has 1 heteroatoms. The molecule has 2 fully saturated rings. The molecule has 3 unspecified atom stereocenters. The van der Waals surface area contributed by atoms with Crippen LogP contribution in [-0.2, 0) is 0 Å². The molecule has 4 atom stereocenters. The van der Waals surface area contributed by atoms with Crippen LogP contribution >= 0.6 is 0 Å². The lowest BCUT2D eigenvalue weighted by Gasteiger charge is -2.47. The summed E-state index contributed by atoms with van der Waals surface area (Å²) in [5.74, 6) is 2.99. The Kier molecular flexibility index (Phi) is 3.82. The van der Waals surface area contributed by atoms with Gasteiger partial charge in [0, 0.05) is 23.7 Å². The van der Waals surface area contributed by atoms with Gasteiger partial charge in [-0.15, -0.1) is 0 Å². The van der Waals surface area contributed by atoms with Crippen LogP contribution < -0.4 is 0 Å². The lowest BCUT2D eigenvalue weighted by molar-refractivity contribution is 0.0550. The number of hydrogen-bond donors (Lipinski definition) is 0. The third-order valence-corrected chi connectivity index (χ3v) is 7.44. The molecular formula is C21H35N. The molecule has 1 aliphatic heterocycles. The molecule has 0 bridgehead atoms. The maximum absolute atomic E-state index is 2.95. The predicted molar refractivity (Wildman–Crippen MR) is 93.6 cm³/mol. The highest BCUT2D eigenvalue weighted by molar-refractivity contribution is 5.30. The van der Waals surface area contributed by atoms with Crippen molar-refractivity contribution in [3.05, 3.63) is 11.3 Å². The summed E-state index contributed by atoms with van der Waals surface area (Å²) in [5, 5.41) is 0. The van der Waals surface area contributed by atoms with E-state index in [1.807, 2.05) is 5.57 Å². The second-order valence-corrected chi connectivity index (χ2v) is 9.49. The summed E-state index contributed by atoms with van der Waals surface area (Å²) in [7, 11) is 0. The fraction of sp³-hybridized carbons (Fsp3) is 0.905. The van der Waals surface area contributed by atoms with Crippen LogP contribution in [-0.4, -0.2) is 17.5 Å². The van der Waals surface area contributed by atoms with Gasteiger partial charge in [-0.25, -0.2) is 0 Å². The molecule has 0 aromatic heterocycles. The summed E-state index contributed by atoms with van der Waals surface area (Å²) in [6, 6.07) is 0.888. The van der Waals surface area contributed by atoms with Gasteiger partial charge in [-0.2, -0.15) is 0 Å². The summed E-state index contributed by atoms with van der Waals surface area (Å²) >= 11 is 0. The van der Waals surface area contributed by atoms with E-state index in [1.54, 1.807) is 5.70 Å². The first-order chi connectivity index (χ1) is 10.6. The van der Waals surface area contributed by atoms with Crippen LogP contribution in [0.4, 0.5) is 0 Å². The zero-order chi connectivity index (χ0) is 15.3. The molecule has 0 saturated heterocycles. The van der Waals surface area contributed by atoms with Crippen molar-refractivity contribution in [1.29, 1.82) is 0 Å². The summed E-state index contributed by atoms with van der Waals surface area (Å²) in [4.78, 5) is 2.95. The number of nitrogens with zero attached hydrogens (tertiary/aromatic N) is 1. The van der Waals surface area contributed by atoms with E-state index in [0.717, 1.165) is 23.8 Å². The van der Waals surface area contributed by atoms with Crippen molar-refractivity contribution in [1.82, 2.24) is 4.90 Å². The molecule has 4 aliphatic rings. The Hall–Kier alpha value is -0.460. The van der Waals surface area contributed by atoms with Crippen molar-refractivity contribution < 1.29 is 0 Å². The van der Waals surface area contributed by atoms with Crippen molar-refractivity contribution in [3.8, 4) is 0 Å². The Bertz CT molecular complexity index is 459. The molecule has 0 N–H and O–H groups in total. The monoisotopic (exact) mass is 301 g/mol. The molecule has 1 nitrogen and oxygen atoms in total. The van der Waals surface area contributed by atoms with Crippen molar-refractivity contribution in [2.24, 2.45) is 23.2 Å². The number of allylic oxidation sites excluding steroid dienone is 1. The number of rotatable bonds is 1. The van der Waals surface area contributed by atoms with Gasteiger partial charge in [0.15, 0.2) is 0 Å². The third kappa shape index (κ3) is 2.43. The van der Waals surface area contributed by atoms with Gasteiger partial charge in [0.2, 0.25) is 0 Å². The SMILES string of the molecule is C[C@H]1CCC2=C(C1)C(C)(C)CN2C1CCCC2CCCCC21. The second kappa shape index (κ2) is 5.56. The van der Waals surface area contributed by atoms with Crippen molar-refractivity contribution in [2.75, 3.05) is 6.54 Å². The fourth-order valence-electron chi connectivity index (χ4n) is 6.31. The van der Waals surface area contributed by atoms with E-state index in [-0.39, 0.29) is 0 Å². The van der Waals surface area contributed by atoms with Gasteiger partial charge in [0.05, 0.1) is 0 Å².